The fraction of sp³-hybridized carbons (Fsp3) is 0.545. The van der Waals surface area contributed by atoms with E-state index in [-0.39, 0.29) is 12.2 Å². The summed E-state index contributed by atoms with van der Waals surface area (Å²) < 4.78 is 4.89. The molecule has 1 aromatic rings. The van der Waals surface area contributed by atoms with Crippen LogP contribution in [0.2, 0.25) is 0 Å². The Balaban J connectivity index is 2.57. The van der Waals surface area contributed by atoms with E-state index in [9.17, 15) is 9.90 Å². The van der Waals surface area contributed by atoms with Crippen molar-refractivity contribution in [3.8, 4) is 0 Å². The maximum atomic E-state index is 10.7. The number of aromatic nitrogens is 2. The van der Waals surface area contributed by atoms with Crippen LogP contribution in [0.15, 0.2) is 12.4 Å². The largest absolute Gasteiger partial charge is 0.476 e. The van der Waals surface area contributed by atoms with E-state index in [2.05, 4.69) is 15.3 Å². The molecule has 0 aliphatic heterocycles. The van der Waals surface area contributed by atoms with Crippen molar-refractivity contribution in [3.05, 3.63) is 18.1 Å². The van der Waals surface area contributed by atoms with Crippen LogP contribution in [0.5, 0.6) is 0 Å². The number of hydrogen-bond acceptors (Lipinski definition) is 6. The lowest BCUT2D eigenvalue weighted by molar-refractivity contribution is 0.0357. The highest BCUT2D eigenvalue weighted by Crippen LogP contribution is 2.11. The van der Waals surface area contributed by atoms with Crippen molar-refractivity contribution in [1.29, 1.82) is 0 Å². The van der Waals surface area contributed by atoms with E-state index >= 15 is 0 Å². The molecule has 7 heteroatoms. The monoisotopic (exact) mass is 255 g/mol. The van der Waals surface area contributed by atoms with Crippen LogP contribution < -0.4 is 5.32 Å². The summed E-state index contributed by atoms with van der Waals surface area (Å²) in [4.78, 5) is 18.3. The van der Waals surface area contributed by atoms with E-state index < -0.39 is 11.6 Å². The molecule has 0 aliphatic rings. The van der Waals surface area contributed by atoms with Crippen LogP contribution in [-0.4, -0.2) is 52.0 Å². The zero-order valence-electron chi connectivity index (χ0n) is 10.4. The molecule has 3 N–H and O–H groups in total. The molecule has 18 heavy (non-hydrogen) atoms. The van der Waals surface area contributed by atoms with Gasteiger partial charge in [0.25, 0.3) is 0 Å². The molecule has 0 saturated heterocycles. The minimum absolute atomic E-state index is 0.142. The molecule has 0 radical (unpaired) electrons. The molecule has 0 aromatic carbocycles. The highest BCUT2D eigenvalue weighted by atomic mass is 16.5. The lowest BCUT2D eigenvalue weighted by Crippen LogP contribution is -2.35. The topological polar surface area (TPSA) is 105 Å². The molecule has 0 saturated carbocycles. The maximum absolute atomic E-state index is 10.7. The van der Waals surface area contributed by atoms with E-state index in [0.29, 0.717) is 18.8 Å². The van der Waals surface area contributed by atoms with Gasteiger partial charge in [-0.15, -0.1) is 0 Å². The highest BCUT2D eigenvalue weighted by molar-refractivity contribution is 5.85. The molecule has 0 bridgehead atoms. The van der Waals surface area contributed by atoms with Crippen LogP contribution in [0.4, 0.5) is 5.82 Å². The van der Waals surface area contributed by atoms with Crippen molar-refractivity contribution in [2.75, 3.05) is 25.6 Å². The van der Waals surface area contributed by atoms with Gasteiger partial charge in [0.1, 0.15) is 5.82 Å². The van der Waals surface area contributed by atoms with Gasteiger partial charge >= 0.3 is 5.97 Å². The number of nitrogens with zero attached hydrogens (tertiary/aromatic N) is 2. The van der Waals surface area contributed by atoms with Gasteiger partial charge in [0.2, 0.25) is 0 Å². The second kappa shape index (κ2) is 6.27. The fourth-order valence-corrected chi connectivity index (χ4v) is 1.25. The SMILES string of the molecule is COCCC(C)(O)CNc1cncc(C(=O)O)n1. The van der Waals surface area contributed by atoms with Crippen molar-refractivity contribution in [2.45, 2.75) is 18.9 Å². The Labute approximate surface area is 105 Å². The van der Waals surface area contributed by atoms with Crippen LogP contribution in [0.3, 0.4) is 0 Å². The van der Waals surface area contributed by atoms with Gasteiger partial charge in [-0.3, -0.25) is 4.98 Å². The van der Waals surface area contributed by atoms with Crippen LogP contribution >= 0.6 is 0 Å². The number of carboxylic acids is 1. The number of aliphatic hydroxyl groups is 1. The predicted molar refractivity (Wildman–Crippen MR) is 64.6 cm³/mol. The Hall–Kier alpha value is -1.73. The zero-order chi connectivity index (χ0) is 13.6. The molecule has 0 amide bonds. The number of carbonyl (C=O) groups is 1. The van der Waals surface area contributed by atoms with E-state index in [1.165, 1.54) is 6.20 Å². The van der Waals surface area contributed by atoms with Gasteiger partial charge in [-0.05, 0) is 6.92 Å². The van der Waals surface area contributed by atoms with E-state index in [0.717, 1.165) is 6.20 Å². The number of ether oxygens (including phenoxy) is 1. The molecular weight excluding hydrogens is 238 g/mol. The lowest BCUT2D eigenvalue weighted by Gasteiger charge is -2.23. The highest BCUT2D eigenvalue weighted by Gasteiger charge is 2.20. The maximum Gasteiger partial charge on any atom is 0.356 e. The Kier molecular flexibility index (Phi) is 4.99. The molecule has 7 nitrogen and oxygen atoms in total. The molecule has 0 aliphatic carbocycles. The summed E-state index contributed by atoms with van der Waals surface area (Å²) in [6.07, 6.45) is 3.03. The molecule has 0 fully saturated rings. The van der Waals surface area contributed by atoms with Crippen LogP contribution in [-0.2, 0) is 4.74 Å². The molecule has 1 rings (SSSR count). The Morgan fingerprint density at radius 1 is 1.56 bits per heavy atom. The Morgan fingerprint density at radius 3 is 2.89 bits per heavy atom. The number of nitrogens with one attached hydrogen (secondary N) is 1. The third-order valence-corrected chi connectivity index (χ3v) is 2.35. The van der Waals surface area contributed by atoms with Gasteiger partial charge in [0.15, 0.2) is 5.69 Å². The minimum Gasteiger partial charge on any atom is -0.476 e. The summed E-state index contributed by atoms with van der Waals surface area (Å²) >= 11 is 0. The number of carboxylic acid groups (broad SMARTS) is 1. The number of hydrogen-bond donors (Lipinski definition) is 3. The summed E-state index contributed by atoms with van der Waals surface area (Å²) in [7, 11) is 1.56. The second-order valence-corrected chi connectivity index (χ2v) is 4.19. The standard InChI is InChI=1S/C11H17N3O4/c1-11(17,3-4-18-2)7-13-9-6-12-5-8(14-9)10(15)16/h5-6,17H,3-4,7H2,1-2H3,(H,13,14)(H,15,16). The Morgan fingerprint density at radius 2 is 2.28 bits per heavy atom. The quantitative estimate of drug-likeness (QED) is 0.646. The summed E-state index contributed by atoms with van der Waals surface area (Å²) in [6.45, 7) is 2.33. The average Bonchev–Trinajstić information content (AvgIpc) is 2.34. The lowest BCUT2D eigenvalue weighted by atomic mass is 10.0. The number of methoxy groups -OCH3 is 1. The molecular formula is C11H17N3O4. The average molecular weight is 255 g/mol. The first-order valence-corrected chi connectivity index (χ1v) is 5.45. The van der Waals surface area contributed by atoms with Gasteiger partial charge in [-0.1, -0.05) is 0 Å². The fourth-order valence-electron chi connectivity index (χ4n) is 1.25. The Bertz CT molecular complexity index is 409. The molecule has 1 aromatic heterocycles. The smallest absolute Gasteiger partial charge is 0.356 e. The van der Waals surface area contributed by atoms with Crippen molar-refractivity contribution in [2.24, 2.45) is 0 Å². The number of rotatable bonds is 7. The summed E-state index contributed by atoms with van der Waals surface area (Å²) in [5.41, 5.74) is -1.10. The first-order chi connectivity index (χ1) is 8.44. The molecule has 1 atom stereocenters. The summed E-state index contributed by atoms with van der Waals surface area (Å²) in [6, 6.07) is 0. The van der Waals surface area contributed by atoms with Gasteiger partial charge < -0.3 is 20.3 Å². The third kappa shape index (κ3) is 4.64. The van der Waals surface area contributed by atoms with Crippen molar-refractivity contribution in [1.82, 2.24) is 9.97 Å². The van der Waals surface area contributed by atoms with Crippen LogP contribution in [0.1, 0.15) is 23.8 Å². The zero-order valence-corrected chi connectivity index (χ0v) is 10.4. The predicted octanol–water partition coefficient (Wildman–Crippen LogP) is 0.374. The van der Waals surface area contributed by atoms with Crippen LogP contribution in [0.25, 0.3) is 0 Å². The van der Waals surface area contributed by atoms with Gasteiger partial charge in [0.05, 0.1) is 18.0 Å². The molecule has 100 valence electrons. The van der Waals surface area contributed by atoms with E-state index in [1.54, 1.807) is 14.0 Å². The third-order valence-electron chi connectivity index (χ3n) is 2.35. The van der Waals surface area contributed by atoms with Gasteiger partial charge in [0, 0.05) is 26.7 Å². The molecule has 1 heterocycles. The van der Waals surface area contributed by atoms with Crippen LogP contribution in [0, 0.1) is 0 Å². The van der Waals surface area contributed by atoms with Gasteiger partial charge in [-0.2, -0.15) is 0 Å². The van der Waals surface area contributed by atoms with Crippen molar-refractivity contribution in [3.63, 3.8) is 0 Å². The molecule has 1 unspecified atom stereocenters. The minimum atomic E-state index is -1.14. The summed E-state index contributed by atoms with van der Waals surface area (Å²) in [5.74, 6) is -0.829. The first-order valence-electron chi connectivity index (χ1n) is 5.45. The van der Waals surface area contributed by atoms with Gasteiger partial charge in [-0.25, -0.2) is 9.78 Å². The molecule has 0 spiro atoms. The normalized spacial score (nSPS) is 13.9. The van der Waals surface area contributed by atoms with Crippen molar-refractivity contribution >= 4 is 11.8 Å². The van der Waals surface area contributed by atoms with Crippen molar-refractivity contribution < 1.29 is 19.7 Å². The summed E-state index contributed by atoms with van der Waals surface area (Å²) in [5, 5.41) is 21.6. The number of anilines is 1. The number of aromatic carboxylic acids is 1. The second-order valence-electron chi connectivity index (χ2n) is 4.19. The van der Waals surface area contributed by atoms with E-state index in [1.807, 2.05) is 0 Å². The van der Waals surface area contributed by atoms with E-state index in [4.69, 9.17) is 9.84 Å². The first kappa shape index (κ1) is 14.3.